The van der Waals surface area contributed by atoms with Crippen molar-refractivity contribution in [3.63, 3.8) is 0 Å². The summed E-state index contributed by atoms with van der Waals surface area (Å²) in [7, 11) is -7.17. The minimum atomic E-state index is -3.75. The van der Waals surface area contributed by atoms with Crippen LogP contribution in [0.3, 0.4) is 0 Å². The highest BCUT2D eigenvalue weighted by Gasteiger charge is 2.45. The predicted molar refractivity (Wildman–Crippen MR) is 98.1 cm³/mol. The molecule has 0 amide bonds. The van der Waals surface area contributed by atoms with Crippen LogP contribution >= 0.6 is 11.6 Å². The van der Waals surface area contributed by atoms with Crippen LogP contribution in [0.4, 0.5) is 0 Å². The van der Waals surface area contributed by atoms with Crippen LogP contribution in [0.25, 0.3) is 0 Å². The summed E-state index contributed by atoms with van der Waals surface area (Å²) < 4.78 is 49.9. The van der Waals surface area contributed by atoms with Gasteiger partial charge in [0, 0.05) is 17.6 Å². The second-order valence-electron chi connectivity index (χ2n) is 6.05. The maximum Gasteiger partial charge on any atom is 0.183 e. The Labute approximate surface area is 152 Å². The van der Waals surface area contributed by atoms with E-state index in [9.17, 15) is 16.8 Å². The topological polar surface area (TPSA) is 80.3 Å². The van der Waals surface area contributed by atoms with E-state index in [4.69, 9.17) is 11.6 Å². The number of rotatable bonds is 5. The Hall–Kier alpha value is -1.41. The van der Waals surface area contributed by atoms with E-state index < -0.39 is 31.0 Å². The van der Waals surface area contributed by atoms with E-state index in [0.717, 1.165) is 5.56 Å². The van der Waals surface area contributed by atoms with Crippen molar-refractivity contribution in [1.29, 1.82) is 0 Å². The smallest absolute Gasteiger partial charge is 0.183 e. The molecule has 25 heavy (non-hydrogen) atoms. The van der Waals surface area contributed by atoms with Gasteiger partial charge in [-0.05, 0) is 23.8 Å². The number of sulfone groups is 2. The minimum absolute atomic E-state index is 0.140. The van der Waals surface area contributed by atoms with Crippen LogP contribution in [0.5, 0.6) is 0 Å². The zero-order valence-corrected chi connectivity index (χ0v) is 15.7. The summed E-state index contributed by atoms with van der Waals surface area (Å²) in [6.45, 7) is 0.306. The van der Waals surface area contributed by atoms with Crippen molar-refractivity contribution >= 4 is 31.3 Å². The van der Waals surface area contributed by atoms with Crippen LogP contribution in [0, 0.1) is 0 Å². The Balaban J connectivity index is 1.86. The summed E-state index contributed by atoms with van der Waals surface area (Å²) in [6, 6.07) is 14.5. The fourth-order valence-electron chi connectivity index (χ4n) is 2.98. The lowest BCUT2D eigenvalue weighted by Gasteiger charge is -2.20. The molecular formula is C17H18ClNO4S2. The molecule has 1 aliphatic heterocycles. The number of hydrogen-bond donors (Lipinski definition) is 1. The van der Waals surface area contributed by atoms with Gasteiger partial charge in [-0.25, -0.2) is 16.8 Å². The summed E-state index contributed by atoms with van der Waals surface area (Å²) in [5.41, 5.74) is 0.796. The van der Waals surface area contributed by atoms with Crippen molar-refractivity contribution in [2.75, 3.05) is 11.5 Å². The third-order valence-electron chi connectivity index (χ3n) is 4.28. The van der Waals surface area contributed by atoms with Crippen molar-refractivity contribution in [1.82, 2.24) is 5.32 Å². The molecule has 1 N–H and O–H groups in total. The molecule has 5 nitrogen and oxygen atoms in total. The fourth-order valence-corrected chi connectivity index (χ4v) is 7.92. The molecule has 2 atom stereocenters. The summed E-state index contributed by atoms with van der Waals surface area (Å²) in [4.78, 5) is 0.140. The van der Waals surface area contributed by atoms with Gasteiger partial charge in [-0.15, -0.1) is 0 Å². The van der Waals surface area contributed by atoms with E-state index in [2.05, 4.69) is 5.32 Å². The van der Waals surface area contributed by atoms with E-state index in [0.29, 0.717) is 11.6 Å². The molecule has 1 saturated heterocycles. The second-order valence-corrected chi connectivity index (χ2v) is 10.8. The van der Waals surface area contributed by atoms with E-state index in [1.54, 1.807) is 30.3 Å². The first-order chi connectivity index (χ1) is 11.8. The number of hydrogen-bond acceptors (Lipinski definition) is 5. The predicted octanol–water partition coefficient (Wildman–Crippen LogP) is 2.07. The maximum absolute atomic E-state index is 12.9. The molecule has 2 aromatic carbocycles. The van der Waals surface area contributed by atoms with Gasteiger partial charge in [0.2, 0.25) is 0 Å². The van der Waals surface area contributed by atoms with Gasteiger partial charge >= 0.3 is 0 Å². The average molecular weight is 400 g/mol. The van der Waals surface area contributed by atoms with Gasteiger partial charge in [0.15, 0.2) is 19.7 Å². The van der Waals surface area contributed by atoms with Gasteiger partial charge in [-0.2, -0.15) is 0 Å². The standard InChI is InChI=1S/C17H18ClNO4S2/c18-15-9-5-4-6-13(15)10-19-16-11-24(20,21)12-17(16)25(22,23)14-7-2-1-3-8-14/h1-9,16-17,19H,10-12H2. The highest BCUT2D eigenvalue weighted by molar-refractivity contribution is 7.96. The van der Waals surface area contributed by atoms with Gasteiger partial charge in [0.25, 0.3) is 0 Å². The Morgan fingerprint density at radius 2 is 1.64 bits per heavy atom. The molecule has 8 heteroatoms. The molecule has 1 fully saturated rings. The van der Waals surface area contributed by atoms with Crippen LogP contribution < -0.4 is 5.32 Å². The van der Waals surface area contributed by atoms with Crippen molar-refractivity contribution in [2.24, 2.45) is 0 Å². The molecule has 2 aromatic rings. The van der Waals surface area contributed by atoms with E-state index in [-0.39, 0.29) is 16.4 Å². The molecule has 0 bridgehead atoms. The lowest BCUT2D eigenvalue weighted by molar-refractivity contribution is 0.526. The van der Waals surface area contributed by atoms with Crippen molar-refractivity contribution < 1.29 is 16.8 Å². The summed E-state index contributed by atoms with van der Waals surface area (Å²) >= 11 is 6.11. The SMILES string of the molecule is O=S1(=O)CC(NCc2ccccc2Cl)C(S(=O)(=O)c2ccccc2)C1. The average Bonchev–Trinajstić information content (AvgIpc) is 2.90. The van der Waals surface area contributed by atoms with Crippen LogP contribution in [0.15, 0.2) is 59.5 Å². The zero-order valence-electron chi connectivity index (χ0n) is 13.3. The first-order valence-corrected chi connectivity index (χ1v) is 11.5. The lowest BCUT2D eigenvalue weighted by Crippen LogP contribution is -2.43. The first kappa shape index (κ1) is 18.4. The van der Waals surface area contributed by atoms with E-state index >= 15 is 0 Å². The molecule has 0 aliphatic carbocycles. The number of benzene rings is 2. The fraction of sp³-hybridized carbons (Fsp3) is 0.294. The van der Waals surface area contributed by atoms with Crippen molar-refractivity contribution in [3.05, 3.63) is 65.2 Å². The molecule has 0 aromatic heterocycles. The molecule has 1 heterocycles. The normalized spacial score (nSPS) is 22.8. The van der Waals surface area contributed by atoms with Crippen LogP contribution in [-0.4, -0.2) is 39.6 Å². The third-order valence-corrected chi connectivity index (χ3v) is 8.82. The highest BCUT2D eigenvalue weighted by atomic mass is 35.5. The van der Waals surface area contributed by atoms with Crippen molar-refractivity contribution in [3.8, 4) is 0 Å². The largest absolute Gasteiger partial charge is 0.308 e. The van der Waals surface area contributed by atoms with Crippen molar-refractivity contribution in [2.45, 2.75) is 22.7 Å². The Bertz CT molecular complexity index is 959. The molecular weight excluding hydrogens is 382 g/mol. The minimum Gasteiger partial charge on any atom is -0.308 e. The van der Waals surface area contributed by atoms with Crippen LogP contribution in [-0.2, 0) is 26.2 Å². The first-order valence-electron chi connectivity index (χ1n) is 7.76. The Morgan fingerprint density at radius 1 is 1.00 bits per heavy atom. The van der Waals surface area contributed by atoms with Gasteiger partial charge in [-0.3, -0.25) is 0 Å². The summed E-state index contributed by atoms with van der Waals surface area (Å²) in [5, 5.41) is 2.62. The quantitative estimate of drug-likeness (QED) is 0.832. The summed E-state index contributed by atoms with van der Waals surface area (Å²) in [5.74, 6) is -0.571. The Kier molecular flexibility index (Phi) is 5.20. The van der Waals surface area contributed by atoms with E-state index in [1.807, 2.05) is 12.1 Å². The molecule has 0 saturated carbocycles. The van der Waals surface area contributed by atoms with Gasteiger partial charge in [0.05, 0.1) is 21.7 Å². The second kappa shape index (κ2) is 7.07. The molecule has 2 unspecified atom stereocenters. The maximum atomic E-state index is 12.9. The van der Waals surface area contributed by atoms with E-state index in [1.165, 1.54) is 12.1 Å². The summed E-state index contributed by atoms with van der Waals surface area (Å²) in [6.07, 6.45) is 0. The number of nitrogens with one attached hydrogen (secondary N) is 1. The van der Waals surface area contributed by atoms with Gasteiger partial charge in [-0.1, -0.05) is 48.0 Å². The highest BCUT2D eigenvalue weighted by Crippen LogP contribution is 2.26. The lowest BCUT2D eigenvalue weighted by atomic mass is 10.2. The zero-order chi connectivity index (χ0) is 18.1. The number of halogens is 1. The van der Waals surface area contributed by atoms with Gasteiger partial charge < -0.3 is 5.32 Å². The Morgan fingerprint density at radius 3 is 2.32 bits per heavy atom. The molecule has 1 aliphatic rings. The van der Waals surface area contributed by atoms with Crippen LogP contribution in [0.2, 0.25) is 5.02 Å². The molecule has 3 rings (SSSR count). The molecule has 0 radical (unpaired) electrons. The molecule has 134 valence electrons. The monoisotopic (exact) mass is 399 g/mol. The van der Waals surface area contributed by atoms with Crippen LogP contribution in [0.1, 0.15) is 5.56 Å². The van der Waals surface area contributed by atoms with Gasteiger partial charge in [0.1, 0.15) is 0 Å². The molecule has 0 spiro atoms. The third kappa shape index (κ3) is 4.06.